The maximum atomic E-state index is 12.3. The van der Waals surface area contributed by atoms with Crippen LogP contribution in [0.25, 0.3) is 10.9 Å². The summed E-state index contributed by atoms with van der Waals surface area (Å²) in [4.78, 5) is 29.5. The molecular weight excluding hydrogens is 374 g/mol. The van der Waals surface area contributed by atoms with Crippen molar-refractivity contribution in [3.8, 4) is 0 Å². The zero-order valence-corrected chi connectivity index (χ0v) is 15.3. The summed E-state index contributed by atoms with van der Waals surface area (Å²) in [6.07, 6.45) is 2.88. The second kappa shape index (κ2) is 7.05. The van der Waals surface area contributed by atoms with Gasteiger partial charge in [0.15, 0.2) is 0 Å². The summed E-state index contributed by atoms with van der Waals surface area (Å²) in [5.41, 5.74) is 3.68. The topological polar surface area (TPSA) is 91.0 Å². The third-order valence-corrected chi connectivity index (χ3v) is 5.40. The van der Waals surface area contributed by atoms with Crippen LogP contribution in [0.3, 0.4) is 0 Å². The van der Waals surface area contributed by atoms with E-state index in [4.69, 9.17) is 11.6 Å². The average Bonchev–Trinajstić information content (AvgIpc) is 3.33. The number of fused-ring (bicyclic) bond motifs is 1. The number of hydrogen-bond donors (Lipinski definition) is 2. The molecule has 9 heteroatoms. The zero-order valence-electron chi connectivity index (χ0n) is 13.7. The van der Waals surface area contributed by atoms with Crippen LogP contribution >= 0.6 is 22.9 Å². The Morgan fingerprint density at radius 3 is 3.15 bits per heavy atom. The lowest BCUT2D eigenvalue weighted by Crippen LogP contribution is -2.30. The van der Waals surface area contributed by atoms with Crippen LogP contribution in [0.4, 0.5) is 5.13 Å². The Morgan fingerprint density at radius 1 is 1.46 bits per heavy atom. The first-order valence-electron chi connectivity index (χ1n) is 8.20. The van der Waals surface area contributed by atoms with E-state index in [1.54, 1.807) is 10.4 Å². The number of benzene rings is 1. The molecule has 0 spiro atoms. The summed E-state index contributed by atoms with van der Waals surface area (Å²) in [5.74, 6) is -0.541. The summed E-state index contributed by atoms with van der Waals surface area (Å²) in [6.45, 7) is 0.994. The molecule has 3 aromatic rings. The molecule has 1 fully saturated rings. The SMILES string of the molecule is O=C(Nc1nncs1)C1CC(=O)N(CCc2c[nH]c3ccc(Cl)cc23)C1. The van der Waals surface area contributed by atoms with Crippen LogP contribution in [0.2, 0.25) is 5.02 Å². The molecule has 7 nitrogen and oxygen atoms in total. The molecule has 1 atom stereocenters. The number of likely N-dealkylation sites (tertiary alicyclic amines) is 1. The van der Waals surface area contributed by atoms with Crippen LogP contribution in [-0.2, 0) is 16.0 Å². The minimum absolute atomic E-state index is 0.000266. The number of hydrogen-bond acceptors (Lipinski definition) is 5. The van der Waals surface area contributed by atoms with Crippen molar-refractivity contribution >= 4 is 50.8 Å². The number of aromatic amines is 1. The molecule has 0 aliphatic carbocycles. The van der Waals surface area contributed by atoms with E-state index >= 15 is 0 Å². The molecule has 0 saturated carbocycles. The van der Waals surface area contributed by atoms with Gasteiger partial charge in [0.2, 0.25) is 16.9 Å². The number of aromatic nitrogens is 3. The molecule has 2 amide bonds. The first-order chi connectivity index (χ1) is 12.6. The smallest absolute Gasteiger partial charge is 0.231 e. The van der Waals surface area contributed by atoms with E-state index < -0.39 is 0 Å². The molecule has 3 heterocycles. The number of halogens is 1. The maximum Gasteiger partial charge on any atom is 0.231 e. The van der Waals surface area contributed by atoms with E-state index in [2.05, 4.69) is 20.5 Å². The number of carbonyl (C=O) groups excluding carboxylic acids is 2. The van der Waals surface area contributed by atoms with Crippen LogP contribution < -0.4 is 5.32 Å². The fourth-order valence-electron chi connectivity index (χ4n) is 3.21. The first kappa shape index (κ1) is 17.0. The lowest BCUT2D eigenvalue weighted by atomic mass is 10.1. The minimum atomic E-state index is -0.358. The summed E-state index contributed by atoms with van der Waals surface area (Å²) in [5, 5.41) is 12.4. The summed E-state index contributed by atoms with van der Waals surface area (Å²) >= 11 is 7.33. The molecule has 4 rings (SSSR count). The van der Waals surface area contributed by atoms with E-state index in [0.29, 0.717) is 29.7 Å². The molecule has 134 valence electrons. The van der Waals surface area contributed by atoms with Crippen LogP contribution in [-0.4, -0.2) is 45.0 Å². The highest BCUT2D eigenvalue weighted by molar-refractivity contribution is 7.13. The maximum absolute atomic E-state index is 12.3. The monoisotopic (exact) mass is 389 g/mol. The third kappa shape index (κ3) is 3.42. The van der Waals surface area contributed by atoms with Crippen LogP contribution in [0, 0.1) is 5.92 Å². The van der Waals surface area contributed by atoms with Crippen LogP contribution in [0.15, 0.2) is 29.9 Å². The highest BCUT2D eigenvalue weighted by Gasteiger charge is 2.34. The Hall–Kier alpha value is -2.45. The zero-order chi connectivity index (χ0) is 18.1. The van der Waals surface area contributed by atoms with Gasteiger partial charge < -0.3 is 15.2 Å². The van der Waals surface area contributed by atoms with Crippen molar-refractivity contribution in [2.45, 2.75) is 12.8 Å². The fourth-order valence-corrected chi connectivity index (χ4v) is 3.83. The van der Waals surface area contributed by atoms with Gasteiger partial charge in [-0.2, -0.15) is 0 Å². The van der Waals surface area contributed by atoms with E-state index in [0.717, 1.165) is 16.5 Å². The van der Waals surface area contributed by atoms with E-state index in [1.165, 1.54) is 11.3 Å². The van der Waals surface area contributed by atoms with Crippen LogP contribution in [0.1, 0.15) is 12.0 Å². The molecule has 2 N–H and O–H groups in total. The molecule has 1 unspecified atom stereocenters. The highest BCUT2D eigenvalue weighted by atomic mass is 35.5. The Labute approximate surface area is 158 Å². The molecule has 0 radical (unpaired) electrons. The van der Waals surface area contributed by atoms with Crippen molar-refractivity contribution in [2.24, 2.45) is 5.92 Å². The number of carbonyl (C=O) groups is 2. The van der Waals surface area contributed by atoms with Gasteiger partial charge in [0.25, 0.3) is 0 Å². The van der Waals surface area contributed by atoms with Crippen molar-refractivity contribution in [1.29, 1.82) is 0 Å². The van der Waals surface area contributed by atoms with E-state index in [1.807, 2.05) is 24.4 Å². The number of nitrogens with zero attached hydrogens (tertiary/aromatic N) is 3. The van der Waals surface area contributed by atoms with Crippen molar-refractivity contribution in [3.63, 3.8) is 0 Å². The van der Waals surface area contributed by atoms with Gasteiger partial charge in [-0.1, -0.05) is 22.9 Å². The van der Waals surface area contributed by atoms with Crippen molar-refractivity contribution in [2.75, 3.05) is 18.4 Å². The predicted molar refractivity (Wildman–Crippen MR) is 100 cm³/mol. The Balaban J connectivity index is 1.38. The van der Waals surface area contributed by atoms with Gasteiger partial charge in [0.05, 0.1) is 5.92 Å². The molecule has 0 bridgehead atoms. The van der Waals surface area contributed by atoms with Gasteiger partial charge in [-0.3, -0.25) is 9.59 Å². The largest absolute Gasteiger partial charge is 0.361 e. The standard InChI is InChI=1S/C17H16ClN5O2S/c18-12-1-2-14-13(6-12)10(7-19-14)3-4-23-8-11(5-15(23)24)16(25)21-17-22-20-9-26-17/h1-2,6-7,9,11,19H,3-5,8H2,(H,21,22,25). The fraction of sp³-hybridized carbons (Fsp3) is 0.294. The number of nitrogens with one attached hydrogen (secondary N) is 2. The average molecular weight is 390 g/mol. The van der Waals surface area contributed by atoms with Gasteiger partial charge in [-0.15, -0.1) is 10.2 Å². The second-order valence-electron chi connectivity index (χ2n) is 6.23. The number of H-pyrrole nitrogens is 1. The molecule has 2 aromatic heterocycles. The van der Waals surface area contributed by atoms with E-state index in [-0.39, 0.29) is 24.2 Å². The first-order valence-corrected chi connectivity index (χ1v) is 9.46. The Bertz CT molecular complexity index is 955. The normalized spacial score (nSPS) is 17.2. The van der Waals surface area contributed by atoms with Gasteiger partial charge in [0.1, 0.15) is 5.51 Å². The molecule has 1 aliphatic rings. The Morgan fingerprint density at radius 2 is 2.35 bits per heavy atom. The lowest BCUT2D eigenvalue weighted by molar-refractivity contribution is -0.128. The van der Waals surface area contributed by atoms with Crippen molar-refractivity contribution < 1.29 is 9.59 Å². The summed E-state index contributed by atoms with van der Waals surface area (Å²) in [6, 6.07) is 5.71. The number of amides is 2. The second-order valence-corrected chi connectivity index (χ2v) is 7.50. The minimum Gasteiger partial charge on any atom is -0.361 e. The van der Waals surface area contributed by atoms with Crippen molar-refractivity contribution in [1.82, 2.24) is 20.1 Å². The molecule has 1 aromatic carbocycles. The van der Waals surface area contributed by atoms with Gasteiger partial charge in [0, 0.05) is 41.6 Å². The van der Waals surface area contributed by atoms with Gasteiger partial charge in [-0.25, -0.2) is 0 Å². The number of rotatable bonds is 5. The highest BCUT2D eigenvalue weighted by Crippen LogP contribution is 2.25. The molecule has 1 aliphatic heterocycles. The van der Waals surface area contributed by atoms with Gasteiger partial charge >= 0.3 is 0 Å². The molecular formula is C17H16ClN5O2S. The van der Waals surface area contributed by atoms with Crippen LogP contribution in [0.5, 0.6) is 0 Å². The molecule has 1 saturated heterocycles. The summed E-state index contributed by atoms with van der Waals surface area (Å²) < 4.78 is 0. The lowest BCUT2D eigenvalue weighted by Gasteiger charge is -2.16. The third-order valence-electron chi connectivity index (χ3n) is 4.56. The quantitative estimate of drug-likeness (QED) is 0.701. The van der Waals surface area contributed by atoms with E-state index in [9.17, 15) is 9.59 Å². The van der Waals surface area contributed by atoms with Crippen molar-refractivity contribution in [3.05, 3.63) is 40.5 Å². The number of anilines is 1. The molecule has 26 heavy (non-hydrogen) atoms. The predicted octanol–water partition coefficient (Wildman–Crippen LogP) is 2.70. The summed E-state index contributed by atoms with van der Waals surface area (Å²) in [7, 11) is 0. The Kier molecular flexibility index (Phi) is 4.60. The van der Waals surface area contributed by atoms with Gasteiger partial charge in [-0.05, 0) is 30.2 Å².